The average molecular weight is 507 g/mol. The molecule has 172 valence electrons. The molecule has 2 aromatic rings. The lowest BCUT2D eigenvalue weighted by atomic mass is 9.95. The van der Waals surface area contributed by atoms with Crippen molar-refractivity contribution in [1.82, 2.24) is 5.32 Å². The second-order valence-corrected chi connectivity index (χ2v) is 7.96. The number of amides is 1. The average Bonchev–Trinajstić information content (AvgIpc) is 2.71. The van der Waals surface area contributed by atoms with Crippen LogP contribution in [-0.2, 0) is 9.59 Å². The molecule has 2 rings (SSSR count). The standard InChI is InChI=1S/C11H13BrO3.C11H14N4O2/c1-7(6-10(13)14)11(15)8-2-4-9(12)5-3-8;1-7(16)6-14-10(17)8-3-2-4-9(5-8)15-11(12)13/h2-5,7,11,15H,6H2,1H3,(H,13,14);2-5H,6H2,1H3,(H,14,17)(H4,12,13,15). The fraction of sp³-hybridized carbons (Fsp3) is 0.273. The van der Waals surface area contributed by atoms with E-state index in [2.05, 4.69) is 26.2 Å². The monoisotopic (exact) mass is 506 g/mol. The molecule has 0 heterocycles. The molecule has 1 amide bonds. The van der Waals surface area contributed by atoms with Crippen LogP contribution >= 0.6 is 15.9 Å². The smallest absolute Gasteiger partial charge is 0.303 e. The molecule has 10 heteroatoms. The van der Waals surface area contributed by atoms with E-state index >= 15 is 0 Å². The molecular weight excluding hydrogens is 480 g/mol. The van der Waals surface area contributed by atoms with Crippen LogP contribution in [0.4, 0.5) is 5.69 Å². The second-order valence-electron chi connectivity index (χ2n) is 7.04. The molecule has 0 saturated carbocycles. The van der Waals surface area contributed by atoms with Crippen LogP contribution in [0.2, 0.25) is 0 Å². The quantitative estimate of drug-likeness (QED) is 0.270. The number of carbonyl (C=O) groups is 3. The number of carboxylic acid groups (broad SMARTS) is 1. The minimum Gasteiger partial charge on any atom is -0.481 e. The maximum atomic E-state index is 11.6. The van der Waals surface area contributed by atoms with Gasteiger partial charge in [0.25, 0.3) is 5.91 Å². The van der Waals surface area contributed by atoms with Gasteiger partial charge in [0.1, 0.15) is 5.78 Å². The van der Waals surface area contributed by atoms with E-state index in [1.165, 1.54) is 13.0 Å². The predicted octanol–water partition coefficient (Wildman–Crippen LogP) is 2.50. The third-order valence-electron chi connectivity index (χ3n) is 4.11. The highest BCUT2D eigenvalue weighted by Crippen LogP contribution is 2.25. The van der Waals surface area contributed by atoms with E-state index in [-0.39, 0.29) is 36.5 Å². The number of hydrogen-bond acceptors (Lipinski definition) is 5. The lowest BCUT2D eigenvalue weighted by Crippen LogP contribution is -2.28. The maximum Gasteiger partial charge on any atom is 0.303 e. The Morgan fingerprint density at radius 2 is 1.75 bits per heavy atom. The van der Waals surface area contributed by atoms with Gasteiger partial charge in [-0.2, -0.15) is 0 Å². The molecule has 32 heavy (non-hydrogen) atoms. The molecule has 0 aromatic heterocycles. The van der Waals surface area contributed by atoms with Crippen LogP contribution in [0, 0.1) is 5.92 Å². The highest BCUT2D eigenvalue weighted by atomic mass is 79.9. The first-order chi connectivity index (χ1) is 15.0. The summed E-state index contributed by atoms with van der Waals surface area (Å²) in [6.45, 7) is 3.13. The van der Waals surface area contributed by atoms with Crippen LogP contribution in [0.1, 0.15) is 42.3 Å². The molecule has 0 bridgehead atoms. The molecule has 0 aliphatic heterocycles. The summed E-state index contributed by atoms with van der Waals surface area (Å²) in [6.07, 6.45) is -0.758. The number of aliphatic imine (C=N–C) groups is 1. The number of Topliss-reactive ketones (excluding diaryl/α,β-unsaturated/α-hetero) is 1. The van der Waals surface area contributed by atoms with Crippen molar-refractivity contribution >= 4 is 45.2 Å². The SMILES string of the molecule is CC(=O)CNC(=O)c1cccc(N=C(N)N)c1.CC(CC(=O)O)C(O)c1ccc(Br)cc1. The van der Waals surface area contributed by atoms with Crippen molar-refractivity contribution in [3.63, 3.8) is 0 Å². The van der Waals surface area contributed by atoms with Crippen molar-refractivity contribution in [2.75, 3.05) is 6.54 Å². The van der Waals surface area contributed by atoms with Crippen LogP contribution in [0.15, 0.2) is 58.0 Å². The molecule has 9 nitrogen and oxygen atoms in total. The number of nitrogens with two attached hydrogens (primary N) is 2. The van der Waals surface area contributed by atoms with Gasteiger partial charge >= 0.3 is 5.97 Å². The molecule has 2 aromatic carbocycles. The molecule has 0 spiro atoms. The van der Waals surface area contributed by atoms with E-state index in [9.17, 15) is 19.5 Å². The summed E-state index contributed by atoms with van der Waals surface area (Å²) >= 11 is 3.30. The number of aliphatic carboxylic acids is 1. The van der Waals surface area contributed by atoms with Crippen molar-refractivity contribution < 1.29 is 24.6 Å². The Balaban J connectivity index is 0.000000323. The maximum absolute atomic E-state index is 11.6. The Morgan fingerprint density at radius 3 is 2.28 bits per heavy atom. The molecule has 0 aliphatic rings. The Kier molecular flexibility index (Phi) is 11.1. The van der Waals surface area contributed by atoms with Crippen molar-refractivity contribution in [2.45, 2.75) is 26.4 Å². The summed E-state index contributed by atoms with van der Waals surface area (Å²) < 4.78 is 0.935. The number of benzene rings is 2. The zero-order chi connectivity index (χ0) is 24.3. The largest absolute Gasteiger partial charge is 0.481 e. The van der Waals surface area contributed by atoms with Gasteiger partial charge in [0.15, 0.2) is 5.96 Å². The number of aliphatic hydroxyl groups is 1. The van der Waals surface area contributed by atoms with Crippen LogP contribution in [0.25, 0.3) is 0 Å². The number of carboxylic acids is 1. The second kappa shape index (κ2) is 13.2. The van der Waals surface area contributed by atoms with E-state index in [0.717, 1.165) is 10.0 Å². The summed E-state index contributed by atoms with van der Waals surface area (Å²) in [7, 11) is 0. The number of nitrogens with one attached hydrogen (secondary N) is 1. The number of rotatable bonds is 8. The molecule has 0 fully saturated rings. The van der Waals surface area contributed by atoms with Gasteiger partial charge in [0.05, 0.1) is 24.8 Å². The molecule has 0 radical (unpaired) electrons. The van der Waals surface area contributed by atoms with Crippen LogP contribution in [0.3, 0.4) is 0 Å². The lowest BCUT2D eigenvalue weighted by molar-refractivity contribution is -0.139. The number of aliphatic hydroxyl groups excluding tert-OH is 1. The van der Waals surface area contributed by atoms with E-state index < -0.39 is 12.1 Å². The number of hydrogen-bond donors (Lipinski definition) is 5. The summed E-state index contributed by atoms with van der Waals surface area (Å²) in [5.74, 6) is -1.71. The number of nitrogens with zero attached hydrogens (tertiary/aromatic N) is 1. The molecule has 0 aliphatic carbocycles. The molecule has 2 unspecified atom stereocenters. The van der Waals surface area contributed by atoms with Gasteiger partial charge in [0.2, 0.25) is 0 Å². The Hall–Kier alpha value is -3.24. The fourth-order valence-corrected chi connectivity index (χ4v) is 2.81. The first-order valence-electron chi connectivity index (χ1n) is 9.62. The van der Waals surface area contributed by atoms with Crippen molar-refractivity contribution in [1.29, 1.82) is 0 Å². The molecular formula is C22H27BrN4O5. The van der Waals surface area contributed by atoms with Gasteiger partial charge < -0.3 is 27.0 Å². The first kappa shape index (κ1) is 26.8. The Bertz CT molecular complexity index is 959. The van der Waals surface area contributed by atoms with Gasteiger partial charge in [-0.25, -0.2) is 4.99 Å². The van der Waals surface area contributed by atoms with E-state index in [0.29, 0.717) is 11.3 Å². The number of carbonyl (C=O) groups excluding carboxylic acids is 2. The normalized spacial score (nSPS) is 11.9. The van der Waals surface area contributed by atoms with Crippen molar-refractivity contribution in [3.05, 3.63) is 64.1 Å². The molecule has 0 saturated heterocycles. The number of ketones is 1. The molecule has 2 atom stereocenters. The Morgan fingerprint density at radius 1 is 1.12 bits per heavy atom. The van der Waals surface area contributed by atoms with Gasteiger partial charge in [-0.3, -0.25) is 14.4 Å². The minimum absolute atomic E-state index is 0.00531. The highest BCUT2D eigenvalue weighted by Gasteiger charge is 2.18. The summed E-state index contributed by atoms with van der Waals surface area (Å²) in [5, 5.41) is 20.9. The highest BCUT2D eigenvalue weighted by molar-refractivity contribution is 9.10. The van der Waals surface area contributed by atoms with E-state index in [4.69, 9.17) is 16.6 Å². The van der Waals surface area contributed by atoms with Crippen molar-refractivity contribution in [3.8, 4) is 0 Å². The van der Waals surface area contributed by atoms with E-state index in [1.54, 1.807) is 37.3 Å². The third-order valence-corrected chi connectivity index (χ3v) is 4.64. The topological polar surface area (TPSA) is 168 Å². The Labute approximate surface area is 194 Å². The van der Waals surface area contributed by atoms with Crippen LogP contribution in [0.5, 0.6) is 0 Å². The first-order valence-corrected chi connectivity index (χ1v) is 10.4. The fourth-order valence-electron chi connectivity index (χ4n) is 2.55. The number of halogens is 1. The van der Waals surface area contributed by atoms with Gasteiger partial charge in [-0.05, 0) is 48.7 Å². The van der Waals surface area contributed by atoms with E-state index in [1.807, 2.05) is 12.1 Å². The lowest BCUT2D eigenvalue weighted by Gasteiger charge is -2.17. The zero-order valence-electron chi connectivity index (χ0n) is 17.8. The van der Waals surface area contributed by atoms with Crippen molar-refractivity contribution in [2.24, 2.45) is 22.4 Å². The summed E-state index contributed by atoms with van der Waals surface area (Å²) in [5.41, 5.74) is 12.1. The van der Waals surface area contributed by atoms with Gasteiger partial charge in [-0.1, -0.05) is 41.1 Å². The zero-order valence-corrected chi connectivity index (χ0v) is 19.4. The van der Waals surface area contributed by atoms with Crippen LogP contribution in [-0.4, -0.2) is 40.4 Å². The minimum atomic E-state index is -0.890. The van der Waals surface area contributed by atoms with Gasteiger partial charge in [-0.15, -0.1) is 0 Å². The van der Waals surface area contributed by atoms with Crippen LogP contribution < -0.4 is 16.8 Å². The summed E-state index contributed by atoms with van der Waals surface area (Å²) in [4.78, 5) is 36.6. The molecule has 7 N–H and O–H groups in total. The third kappa shape index (κ3) is 10.2. The predicted molar refractivity (Wildman–Crippen MR) is 125 cm³/mol. The van der Waals surface area contributed by atoms with Gasteiger partial charge in [0, 0.05) is 10.0 Å². The number of guanidine groups is 1. The summed E-state index contributed by atoms with van der Waals surface area (Å²) in [6, 6.07) is 13.7.